The van der Waals surface area contributed by atoms with E-state index >= 15 is 0 Å². The SMILES string of the molecule is Clc1cccc(-c2ncccc2-c2ccn3ncnc3c2)c1. The van der Waals surface area contributed by atoms with Crippen molar-refractivity contribution in [3.05, 3.63) is 72.3 Å². The first-order chi connectivity index (χ1) is 10.8. The molecule has 3 aromatic heterocycles. The second kappa shape index (κ2) is 5.24. The van der Waals surface area contributed by atoms with Crippen molar-refractivity contribution in [1.29, 1.82) is 0 Å². The number of rotatable bonds is 2. The lowest BCUT2D eigenvalue weighted by molar-refractivity contribution is 0.962. The van der Waals surface area contributed by atoms with Crippen molar-refractivity contribution in [1.82, 2.24) is 19.6 Å². The molecule has 0 radical (unpaired) electrons. The number of benzene rings is 1. The van der Waals surface area contributed by atoms with Crippen LogP contribution in [0.4, 0.5) is 0 Å². The summed E-state index contributed by atoms with van der Waals surface area (Å²) in [6.45, 7) is 0. The predicted octanol–water partition coefficient (Wildman–Crippen LogP) is 4.11. The standard InChI is InChI=1S/C17H11ClN4/c18-14-4-1-3-13(9-14)17-15(5-2-7-19-17)12-6-8-22-16(10-12)20-11-21-22/h1-11H. The normalized spacial score (nSPS) is 11.0. The lowest BCUT2D eigenvalue weighted by Crippen LogP contribution is -1.91. The molecule has 0 fully saturated rings. The lowest BCUT2D eigenvalue weighted by atomic mass is 10.0. The molecule has 0 spiro atoms. The summed E-state index contributed by atoms with van der Waals surface area (Å²) in [4.78, 5) is 8.76. The van der Waals surface area contributed by atoms with E-state index in [1.165, 1.54) is 0 Å². The van der Waals surface area contributed by atoms with Crippen LogP contribution < -0.4 is 0 Å². The van der Waals surface area contributed by atoms with E-state index in [9.17, 15) is 0 Å². The molecular formula is C17H11ClN4. The summed E-state index contributed by atoms with van der Waals surface area (Å²) in [7, 11) is 0. The van der Waals surface area contributed by atoms with Crippen LogP contribution in [0.2, 0.25) is 5.02 Å². The number of fused-ring (bicyclic) bond motifs is 1. The Bertz CT molecular complexity index is 961. The van der Waals surface area contributed by atoms with Crippen LogP contribution >= 0.6 is 11.6 Å². The van der Waals surface area contributed by atoms with Crippen molar-refractivity contribution in [3.63, 3.8) is 0 Å². The first-order valence-corrected chi connectivity index (χ1v) is 7.20. The Labute approximate surface area is 132 Å². The Balaban J connectivity index is 1.92. The van der Waals surface area contributed by atoms with Gasteiger partial charge < -0.3 is 0 Å². The van der Waals surface area contributed by atoms with Crippen LogP contribution in [-0.2, 0) is 0 Å². The van der Waals surface area contributed by atoms with Gasteiger partial charge in [0.05, 0.1) is 5.69 Å². The first-order valence-electron chi connectivity index (χ1n) is 6.82. The molecule has 1 aromatic carbocycles. The fourth-order valence-corrected chi connectivity index (χ4v) is 2.68. The topological polar surface area (TPSA) is 43.1 Å². The summed E-state index contributed by atoms with van der Waals surface area (Å²) in [6, 6.07) is 15.7. The van der Waals surface area contributed by atoms with E-state index in [1.54, 1.807) is 17.0 Å². The summed E-state index contributed by atoms with van der Waals surface area (Å²) < 4.78 is 1.74. The van der Waals surface area contributed by atoms with Gasteiger partial charge in [-0.25, -0.2) is 9.50 Å². The molecule has 4 nitrogen and oxygen atoms in total. The van der Waals surface area contributed by atoms with Gasteiger partial charge in [-0.05, 0) is 35.9 Å². The second-order valence-corrected chi connectivity index (χ2v) is 5.32. The molecule has 0 aliphatic carbocycles. The predicted molar refractivity (Wildman–Crippen MR) is 86.7 cm³/mol. The summed E-state index contributed by atoms with van der Waals surface area (Å²) >= 11 is 6.11. The lowest BCUT2D eigenvalue weighted by Gasteiger charge is -2.09. The van der Waals surface area contributed by atoms with Gasteiger partial charge in [0.2, 0.25) is 0 Å². The molecule has 4 aromatic rings. The molecule has 0 saturated heterocycles. The summed E-state index contributed by atoms with van der Waals surface area (Å²) in [5.74, 6) is 0. The smallest absolute Gasteiger partial charge is 0.155 e. The van der Waals surface area contributed by atoms with Crippen LogP contribution in [0.15, 0.2) is 67.3 Å². The molecule has 0 unspecified atom stereocenters. The van der Waals surface area contributed by atoms with Crippen LogP contribution in [0, 0.1) is 0 Å². The van der Waals surface area contributed by atoms with Crippen LogP contribution in [0.25, 0.3) is 28.0 Å². The molecule has 0 saturated carbocycles. The fraction of sp³-hybridized carbons (Fsp3) is 0. The largest absolute Gasteiger partial charge is 0.256 e. The third-order valence-corrected chi connectivity index (χ3v) is 3.73. The average Bonchev–Trinajstić information content (AvgIpc) is 3.02. The summed E-state index contributed by atoms with van der Waals surface area (Å²) in [6.07, 6.45) is 5.22. The zero-order valence-electron chi connectivity index (χ0n) is 11.5. The number of hydrogen-bond donors (Lipinski definition) is 0. The van der Waals surface area contributed by atoms with Gasteiger partial charge in [-0.2, -0.15) is 5.10 Å². The highest BCUT2D eigenvalue weighted by atomic mass is 35.5. The van der Waals surface area contributed by atoms with Crippen molar-refractivity contribution in [2.45, 2.75) is 0 Å². The minimum atomic E-state index is 0.696. The second-order valence-electron chi connectivity index (χ2n) is 4.89. The van der Waals surface area contributed by atoms with Crippen molar-refractivity contribution >= 4 is 17.2 Å². The van der Waals surface area contributed by atoms with Gasteiger partial charge in [0.25, 0.3) is 0 Å². The summed E-state index contributed by atoms with van der Waals surface area (Å²) in [5, 5.41) is 4.81. The summed E-state index contributed by atoms with van der Waals surface area (Å²) in [5.41, 5.74) is 4.77. The number of pyridine rings is 2. The molecule has 0 atom stereocenters. The molecule has 3 heterocycles. The number of halogens is 1. The van der Waals surface area contributed by atoms with Gasteiger partial charge in [0.15, 0.2) is 5.65 Å². The number of hydrogen-bond acceptors (Lipinski definition) is 3. The zero-order valence-corrected chi connectivity index (χ0v) is 12.3. The highest BCUT2D eigenvalue weighted by Gasteiger charge is 2.10. The molecule has 0 N–H and O–H groups in total. The van der Waals surface area contributed by atoms with E-state index in [1.807, 2.05) is 54.7 Å². The average molecular weight is 307 g/mol. The molecule has 106 valence electrons. The third kappa shape index (κ3) is 2.23. The van der Waals surface area contributed by atoms with Crippen molar-refractivity contribution in [2.75, 3.05) is 0 Å². The molecule has 5 heteroatoms. The quantitative estimate of drug-likeness (QED) is 0.559. The van der Waals surface area contributed by atoms with Crippen molar-refractivity contribution < 1.29 is 0 Å². The van der Waals surface area contributed by atoms with Crippen molar-refractivity contribution in [3.8, 4) is 22.4 Å². The van der Waals surface area contributed by atoms with E-state index in [4.69, 9.17) is 11.6 Å². The fourth-order valence-electron chi connectivity index (χ4n) is 2.49. The Morgan fingerprint density at radius 3 is 2.77 bits per heavy atom. The third-order valence-electron chi connectivity index (χ3n) is 3.50. The maximum Gasteiger partial charge on any atom is 0.155 e. The van der Waals surface area contributed by atoms with Crippen LogP contribution in [0.5, 0.6) is 0 Å². The van der Waals surface area contributed by atoms with E-state index in [0.29, 0.717) is 5.02 Å². The van der Waals surface area contributed by atoms with Crippen LogP contribution in [0.3, 0.4) is 0 Å². The van der Waals surface area contributed by atoms with Crippen LogP contribution in [0.1, 0.15) is 0 Å². The van der Waals surface area contributed by atoms with Gasteiger partial charge in [0, 0.05) is 28.5 Å². The number of aromatic nitrogens is 4. The Morgan fingerprint density at radius 2 is 1.86 bits per heavy atom. The van der Waals surface area contributed by atoms with Crippen LogP contribution in [-0.4, -0.2) is 19.6 Å². The Kier molecular flexibility index (Phi) is 3.09. The minimum absolute atomic E-state index is 0.696. The van der Waals surface area contributed by atoms with E-state index < -0.39 is 0 Å². The van der Waals surface area contributed by atoms with Gasteiger partial charge in [-0.1, -0.05) is 29.8 Å². The maximum atomic E-state index is 6.11. The minimum Gasteiger partial charge on any atom is -0.256 e. The molecule has 0 aliphatic heterocycles. The van der Waals surface area contributed by atoms with Gasteiger partial charge in [-0.3, -0.25) is 4.98 Å². The first kappa shape index (κ1) is 13.0. The van der Waals surface area contributed by atoms with Gasteiger partial charge in [-0.15, -0.1) is 0 Å². The van der Waals surface area contributed by atoms with E-state index in [-0.39, 0.29) is 0 Å². The number of nitrogens with zero attached hydrogens (tertiary/aromatic N) is 4. The maximum absolute atomic E-state index is 6.11. The van der Waals surface area contributed by atoms with Gasteiger partial charge >= 0.3 is 0 Å². The Hall–Kier alpha value is -2.72. The molecule has 0 bridgehead atoms. The molecule has 22 heavy (non-hydrogen) atoms. The van der Waals surface area contributed by atoms with E-state index in [2.05, 4.69) is 15.1 Å². The zero-order chi connectivity index (χ0) is 14.9. The van der Waals surface area contributed by atoms with Gasteiger partial charge in [0.1, 0.15) is 6.33 Å². The monoisotopic (exact) mass is 306 g/mol. The van der Waals surface area contributed by atoms with Crippen molar-refractivity contribution in [2.24, 2.45) is 0 Å². The highest BCUT2D eigenvalue weighted by molar-refractivity contribution is 6.30. The van der Waals surface area contributed by atoms with E-state index in [0.717, 1.165) is 28.0 Å². The molecule has 0 aliphatic rings. The molecule has 4 rings (SSSR count). The molecular weight excluding hydrogens is 296 g/mol. The molecule has 0 amide bonds. The highest BCUT2D eigenvalue weighted by Crippen LogP contribution is 2.31. The Morgan fingerprint density at radius 1 is 0.909 bits per heavy atom.